The summed E-state index contributed by atoms with van der Waals surface area (Å²) in [4.78, 5) is 20.5. The quantitative estimate of drug-likeness (QED) is 0.847. The monoisotopic (exact) mass is 366 g/mol. The summed E-state index contributed by atoms with van der Waals surface area (Å²) in [7, 11) is 0. The van der Waals surface area contributed by atoms with E-state index >= 15 is 0 Å². The van der Waals surface area contributed by atoms with Crippen LogP contribution in [0.1, 0.15) is 23.3 Å². The van der Waals surface area contributed by atoms with E-state index in [0.717, 1.165) is 19.4 Å². The highest BCUT2D eigenvalue weighted by Gasteiger charge is 2.17. The highest BCUT2D eigenvalue weighted by molar-refractivity contribution is 6.35. The van der Waals surface area contributed by atoms with Gasteiger partial charge in [-0.05, 0) is 37.1 Å². The van der Waals surface area contributed by atoms with Crippen LogP contribution in [0.4, 0.5) is 11.6 Å². The number of amides is 1. The molecule has 6 nitrogen and oxygen atoms in total. The Bertz CT molecular complexity index is 736. The van der Waals surface area contributed by atoms with Crippen LogP contribution in [0.15, 0.2) is 30.5 Å². The van der Waals surface area contributed by atoms with Gasteiger partial charge in [0.2, 0.25) is 5.95 Å². The zero-order valence-electron chi connectivity index (χ0n) is 12.8. The molecule has 0 aliphatic carbocycles. The van der Waals surface area contributed by atoms with Gasteiger partial charge in [0.25, 0.3) is 5.91 Å². The maximum absolute atomic E-state index is 12.2. The lowest BCUT2D eigenvalue weighted by atomic mass is 10.2. The molecule has 1 aromatic carbocycles. The zero-order chi connectivity index (χ0) is 16.9. The molecule has 2 aromatic rings. The number of ether oxygens (including phenoxy) is 1. The minimum absolute atomic E-state index is 0.0821. The van der Waals surface area contributed by atoms with Crippen molar-refractivity contribution < 1.29 is 9.53 Å². The van der Waals surface area contributed by atoms with Crippen molar-refractivity contribution in [2.45, 2.75) is 18.9 Å². The molecule has 3 rings (SSSR count). The average molecular weight is 367 g/mol. The summed E-state index contributed by atoms with van der Waals surface area (Å²) in [5.74, 6) is -0.00271. The van der Waals surface area contributed by atoms with Crippen molar-refractivity contribution in [1.82, 2.24) is 15.3 Å². The molecule has 8 heteroatoms. The van der Waals surface area contributed by atoms with Gasteiger partial charge in [-0.25, -0.2) is 9.97 Å². The summed E-state index contributed by atoms with van der Waals surface area (Å²) in [6, 6.07) is 6.57. The Morgan fingerprint density at radius 3 is 3.00 bits per heavy atom. The Labute approximate surface area is 149 Å². The average Bonchev–Trinajstić information content (AvgIpc) is 3.10. The zero-order valence-corrected chi connectivity index (χ0v) is 14.3. The molecule has 1 aliphatic rings. The molecule has 1 aliphatic heterocycles. The first-order chi connectivity index (χ1) is 11.6. The number of nitrogens with one attached hydrogen (secondary N) is 2. The third-order valence-electron chi connectivity index (χ3n) is 3.58. The van der Waals surface area contributed by atoms with E-state index in [1.165, 1.54) is 6.20 Å². The van der Waals surface area contributed by atoms with Crippen LogP contribution in [0, 0.1) is 0 Å². The summed E-state index contributed by atoms with van der Waals surface area (Å²) in [5, 5.41) is 6.80. The van der Waals surface area contributed by atoms with E-state index in [2.05, 4.69) is 20.6 Å². The lowest BCUT2D eigenvalue weighted by Gasteiger charge is -2.11. The maximum Gasteiger partial charge on any atom is 0.270 e. The predicted octanol–water partition coefficient (Wildman–Crippen LogP) is 3.44. The third-order valence-corrected chi connectivity index (χ3v) is 4.14. The van der Waals surface area contributed by atoms with E-state index < -0.39 is 0 Å². The van der Waals surface area contributed by atoms with Gasteiger partial charge in [0, 0.05) is 24.4 Å². The van der Waals surface area contributed by atoms with Crippen molar-refractivity contribution in [3.63, 3.8) is 0 Å². The highest BCUT2D eigenvalue weighted by Crippen LogP contribution is 2.27. The number of aromatic nitrogens is 2. The molecule has 1 atom stereocenters. The second-order valence-corrected chi connectivity index (χ2v) is 6.20. The second-order valence-electron chi connectivity index (χ2n) is 5.36. The fourth-order valence-corrected chi connectivity index (χ4v) is 2.70. The normalized spacial score (nSPS) is 16.8. The van der Waals surface area contributed by atoms with Crippen LogP contribution in [0.2, 0.25) is 10.0 Å². The summed E-state index contributed by atoms with van der Waals surface area (Å²) in [5.41, 5.74) is 0.838. The molecule has 0 bridgehead atoms. The van der Waals surface area contributed by atoms with Gasteiger partial charge in [0.1, 0.15) is 5.69 Å². The smallest absolute Gasteiger partial charge is 0.270 e. The standard InChI is InChI=1S/C16H16Cl2N4O2/c17-10-3-4-12(18)14(8-10)22-16-19-6-5-13(21-16)15(23)20-9-11-2-1-7-24-11/h3-6,8,11H,1-2,7,9H2,(H,20,23)(H,19,21,22). The Morgan fingerprint density at radius 2 is 2.21 bits per heavy atom. The Kier molecular flexibility index (Phi) is 5.50. The predicted molar refractivity (Wildman–Crippen MR) is 93.1 cm³/mol. The number of anilines is 2. The Hall–Kier alpha value is -1.89. The van der Waals surface area contributed by atoms with Crippen molar-refractivity contribution >= 4 is 40.7 Å². The van der Waals surface area contributed by atoms with Crippen molar-refractivity contribution in [1.29, 1.82) is 0 Å². The molecule has 0 spiro atoms. The molecule has 0 radical (unpaired) electrons. The first-order valence-electron chi connectivity index (χ1n) is 7.57. The van der Waals surface area contributed by atoms with Gasteiger partial charge in [0.15, 0.2) is 0 Å². The number of carbonyl (C=O) groups is 1. The molecule has 2 heterocycles. The summed E-state index contributed by atoms with van der Waals surface area (Å²) in [6.07, 6.45) is 3.58. The number of nitrogens with zero attached hydrogens (tertiary/aromatic N) is 2. The highest BCUT2D eigenvalue weighted by atomic mass is 35.5. The van der Waals surface area contributed by atoms with Crippen LogP contribution < -0.4 is 10.6 Å². The molecule has 24 heavy (non-hydrogen) atoms. The topological polar surface area (TPSA) is 76.1 Å². The third kappa shape index (κ3) is 4.35. The first kappa shape index (κ1) is 17.0. The van der Waals surface area contributed by atoms with Gasteiger partial charge in [-0.15, -0.1) is 0 Å². The summed E-state index contributed by atoms with van der Waals surface area (Å²) < 4.78 is 5.48. The second kappa shape index (κ2) is 7.79. The number of benzene rings is 1. The van der Waals surface area contributed by atoms with E-state index in [1.807, 2.05) is 0 Å². The molecule has 1 fully saturated rings. The lowest BCUT2D eigenvalue weighted by molar-refractivity contribution is 0.0853. The fourth-order valence-electron chi connectivity index (χ4n) is 2.36. The van der Waals surface area contributed by atoms with Gasteiger partial charge in [-0.3, -0.25) is 4.79 Å². The van der Waals surface area contributed by atoms with Crippen LogP contribution >= 0.6 is 23.2 Å². The number of halogens is 2. The minimum atomic E-state index is -0.270. The summed E-state index contributed by atoms with van der Waals surface area (Å²) >= 11 is 12.1. The van der Waals surface area contributed by atoms with E-state index in [4.69, 9.17) is 27.9 Å². The van der Waals surface area contributed by atoms with Gasteiger partial charge >= 0.3 is 0 Å². The molecule has 1 saturated heterocycles. The van der Waals surface area contributed by atoms with Gasteiger partial charge < -0.3 is 15.4 Å². The minimum Gasteiger partial charge on any atom is -0.376 e. The number of rotatable bonds is 5. The summed E-state index contributed by atoms with van der Waals surface area (Å²) in [6.45, 7) is 1.23. The largest absolute Gasteiger partial charge is 0.376 e. The first-order valence-corrected chi connectivity index (χ1v) is 8.32. The number of hydrogen-bond acceptors (Lipinski definition) is 5. The Morgan fingerprint density at radius 1 is 1.33 bits per heavy atom. The van der Waals surface area contributed by atoms with Crippen LogP contribution in [0.5, 0.6) is 0 Å². The van der Waals surface area contributed by atoms with E-state index in [0.29, 0.717) is 22.3 Å². The SMILES string of the molecule is O=C(NCC1CCCO1)c1ccnc(Nc2cc(Cl)ccc2Cl)n1. The molecule has 1 amide bonds. The fraction of sp³-hybridized carbons (Fsp3) is 0.312. The molecular weight excluding hydrogens is 351 g/mol. The molecular formula is C16H16Cl2N4O2. The number of carbonyl (C=O) groups excluding carboxylic acids is 1. The molecule has 126 valence electrons. The van der Waals surface area contributed by atoms with E-state index in [9.17, 15) is 4.79 Å². The van der Waals surface area contributed by atoms with E-state index in [-0.39, 0.29) is 23.7 Å². The van der Waals surface area contributed by atoms with Crippen molar-refractivity contribution in [2.24, 2.45) is 0 Å². The number of hydrogen-bond donors (Lipinski definition) is 2. The van der Waals surface area contributed by atoms with Gasteiger partial charge in [0.05, 0.1) is 16.8 Å². The molecule has 0 saturated carbocycles. The van der Waals surface area contributed by atoms with Gasteiger partial charge in [-0.2, -0.15) is 0 Å². The van der Waals surface area contributed by atoms with E-state index in [1.54, 1.807) is 24.3 Å². The van der Waals surface area contributed by atoms with Crippen LogP contribution in [0.25, 0.3) is 0 Å². The Balaban J connectivity index is 1.66. The van der Waals surface area contributed by atoms with Crippen molar-refractivity contribution in [2.75, 3.05) is 18.5 Å². The van der Waals surface area contributed by atoms with Crippen LogP contribution in [-0.2, 0) is 4.74 Å². The van der Waals surface area contributed by atoms with Crippen LogP contribution in [-0.4, -0.2) is 35.1 Å². The van der Waals surface area contributed by atoms with Crippen molar-refractivity contribution in [3.8, 4) is 0 Å². The molecule has 1 unspecified atom stereocenters. The molecule has 2 N–H and O–H groups in total. The van der Waals surface area contributed by atoms with Crippen molar-refractivity contribution in [3.05, 3.63) is 46.2 Å². The maximum atomic E-state index is 12.2. The van der Waals surface area contributed by atoms with Gasteiger partial charge in [-0.1, -0.05) is 23.2 Å². The lowest BCUT2D eigenvalue weighted by Crippen LogP contribution is -2.32. The van der Waals surface area contributed by atoms with Crippen LogP contribution in [0.3, 0.4) is 0 Å². The molecule has 1 aromatic heterocycles.